The quantitative estimate of drug-likeness (QED) is 0.490. The number of amides is 3. The lowest BCUT2D eigenvalue weighted by atomic mass is 9.92. The Hall–Kier alpha value is -2.57. The second-order valence-corrected chi connectivity index (χ2v) is 13.2. The van der Waals surface area contributed by atoms with Gasteiger partial charge in [0.2, 0.25) is 11.8 Å². The molecule has 204 valence electrons. The van der Waals surface area contributed by atoms with Gasteiger partial charge in [-0.1, -0.05) is 32.0 Å². The maximum Gasteiger partial charge on any atom is 0.408 e. The molecule has 2 atom stereocenters. The Morgan fingerprint density at radius 2 is 1.47 bits per heavy atom. The van der Waals surface area contributed by atoms with Crippen LogP contribution < -0.4 is 10.6 Å². The van der Waals surface area contributed by atoms with Gasteiger partial charge in [0.1, 0.15) is 17.7 Å². The maximum atomic E-state index is 14.2. The topological polar surface area (TPSA) is 87.7 Å². The molecule has 0 heterocycles. The number of aryl methyl sites for hydroxylation is 2. The van der Waals surface area contributed by atoms with Crippen LogP contribution in [-0.4, -0.2) is 45.5 Å². The molecule has 2 unspecified atom stereocenters. The van der Waals surface area contributed by atoms with Crippen molar-refractivity contribution in [2.75, 3.05) is 0 Å². The second kappa shape index (κ2) is 11.7. The summed E-state index contributed by atoms with van der Waals surface area (Å²) in [6.07, 6.45) is -0.247. The lowest BCUT2D eigenvalue weighted by Gasteiger charge is -2.44. The number of benzene rings is 1. The van der Waals surface area contributed by atoms with E-state index >= 15 is 0 Å². The van der Waals surface area contributed by atoms with Gasteiger partial charge in [-0.2, -0.15) is 0 Å². The van der Waals surface area contributed by atoms with Crippen LogP contribution in [0.15, 0.2) is 18.2 Å². The zero-order chi connectivity index (χ0) is 28.2. The van der Waals surface area contributed by atoms with Crippen molar-refractivity contribution in [2.45, 2.75) is 125 Å². The van der Waals surface area contributed by atoms with Crippen LogP contribution in [0.1, 0.15) is 105 Å². The van der Waals surface area contributed by atoms with Crippen LogP contribution in [0.3, 0.4) is 0 Å². The molecule has 7 heteroatoms. The standard InChI is InChI=1S/C29H49N3O4/c1-18(2)16-22(30-26(35)36-29(11,12)13)25(34)32(28(8,9)10)23(24(33)31-27(5,6)7)21-15-14-19(3)20(4)17-21/h14-15,17-18,22-23H,16H2,1-13H3,(H,30,35)(H,31,33). The smallest absolute Gasteiger partial charge is 0.408 e. The van der Waals surface area contributed by atoms with E-state index in [1.165, 1.54) is 0 Å². The summed E-state index contributed by atoms with van der Waals surface area (Å²) in [4.78, 5) is 42.3. The SMILES string of the molecule is Cc1ccc(C(C(=O)NC(C)(C)C)N(C(=O)C(CC(C)C)NC(=O)OC(C)(C)C)C(C)(C)C)cc1C. The maximum absolute atomic E-state index is 14.2. The van der Waals surface area contributed by atoms with E-state index in [0.717, 1.165) is 16.7 Å². The van der Waals surface area contributed by atoms with E-state index in [2.05, 4.69) is 10.6 Å². The Balaban J connectivity index is 3.65. The van der Waals surface area contributed by atoms with Crippen molar-refractivity contribution in [1.82, 2.24) is 15.5 Å². The number of nitrogens with one attached hydrogen (secondary N) is 2. The van der Waals surface area contributed by atoms with Gasteiger partial charge in [0.25, 0.3) is 0 Å². The summed E-state index contributed by atoms with van der Waals surface area (Å²) in [7, 11) is 0. The number of alkyl carbamates (subject to hydrolysis) is 1. The molecule has 0 spiro atoms. The van der Waals surface area contributed by atoms with Crippen LogP contribution in [-0.2, 0) is 14.3 Å². The third-order valence-electron chi connectivity index (χ3n) is 5.51. The normalized spacial score (nSPS) is 14.2. The van der Waals surface area contributed by atoms with Crippen LogP contribution in [0.4, 0.5) is 4.79 Å². The minimum absolute atomic E-state index is 0.124. The molecule has 2 N–H and O–H groups in total. The molecule has 1 aromatic carbocycles. The zero-order valence-corrected chi connectivity index (χ0v) is 24.8. The van der Waals surface area contributed by atoms with Gasteiger partial charge in [-0.25, -0.2) is 4.79 Å². The van der Waals surface area contributed by atoms with Gasteiger partial charge in [-0.15, -0.1) is 0 Å². The van der Waals surface area contributed by atoms with Gasteiger partial charge in [-0.3, -0.25) is 9.59 Å². The van der Waals surface area contributed by atoms with Gasteiger partial charge in [0, 0.05) is 11.1 Å². The van der Waals surface area contributed by atoms with Crippen LogP contribution >= 0.6 is 0 Å². The molecule has 0 aromatic heterocycles. The summed E-state index contributed by atoms with van der Waals surface area (Å²) in [5, 5.41) is 5.85. The fraction of sp³-hybridized carbons (Fsp3) is 0.690. The molecule has 0 aliphatic rings. The lowest BCUT2D eigenvalue weighted by Crippen LogP contribution is -2.59. The summed E-state index contributed by atoms with van der Waals surface area (Å²) in [5.74, 6) is -0.469. The molecule has 0 bridgehead atoms. The van der Waals surface area contributed by atoms with Gasteiger partial charge in [0.15, 0.2) is 0 Å². The number of carbonyl (C=O) groups is 3. The molecule has 3 amide bonds. The molecule has 7 nitrogen and oxygen atoms in total. The molecule has 0 saturated carbocycles. The van der Waals surface area contributed by atoms with Crippen LogP contribution in [0, 0.1) is 19.8 Å². The largest absolute Gasteiger partial charge is 0.444 e. The average molecular weight is 504 g/mol. The van der Waals surface area contributed by atoms with Crippen molar-refractivity contribution in [2.24, 2.45) is 5.92 Å². The van der Waals surface area contributed by atoms with Gasteiger partial charge in [-0.05, 0) is 105 Å². The Morgan fingerprint density at radius 3 is 1.89 bits per heavy atom. The fourth-order valence-electron chi connectivity index (χ4n) is 3.95. The fourth-order valence-corrected chi connectivity index (χ4v) is 3.95. The Morgan fingerprint density at radius 1 is 0.917 bits per heavy atom. The van der Waals surface area contributed by atoms with Crippen molar-refractivity contribution in [1.29, 1.82) is 0 Å². The Labute approximate surface area is 218 Å². The first-order valence-corrected chi connectivity index (χ1v) is 12.8. The first kappa shape index (κ1) is 31.5. The first-order valence-electron chi connectivity index (χ1n) is 12.8. The highest BCUT2D eigenvalue weighted by Crippen LogP contribution is 2.32. The zero-order valence-electron chi connectivity index (χ0n) is 24.8. The van der Waals surface area contributed by atoms with E-state index in [4.69, 9.17) is 4.74 Å². The third kappa shape index (κ3) is 9.82. The van der Waals surface area contributed by atoms with Crippen LogP contribution in [0.25, 0.3) is 0 Å². The molecule has 0 fully saturated rings. The van der Waals surface area contributed by atoms with Crippen molar-refractivity contribution in [3.63, 3.8) is 0 Å². The van der Waals surface area contributed by atoms with Gasteiger partial charge in [0.05, 0.1) is 0 Å². The van der Waals surface area contributed by atoms with Crippen molar-refractivity contribution < 1.29 is 19.1 Å². The van der Waals surface area contributed by atoms with E-state index in [0.29, 0.717) is 6.42 Å². The van der Waals surface area contributed by atoms with Gasteiger partial charge < -0.3 is 20.3 Å². The van der Waals surface area contributed by atoms with E-state index in [1.807, 2.05) is 87.4 Å². The van der Waals surface area contributed by atoms with Crippen molar-refractivity contribution >= 4 is 17.9 Å². The monoisotopic (exact) mass is 503 g/mol. The second-order valence-electron chi connectivity index (χ2n) is 13.2. The highest BCUT2D eigenvalue weighted by atomic mass is 16.6. The summed E-state index contributed by atoms with van der Waals surface area (Å²) in [6.45, 7) is 24.8. The molecule has 1 aromatic rings. The van der Waals surface area contributed by atoms with E-state index in [9.17, 15) is 14.4 Å². The molecule has 0 saturated heterocycles. The van der Waals surface area contributed by atoms with Crippen LogP contribution in [0.2, 0.25) is 0 Å². The molecule has 0 aliphatic carbocycles. The molecule has 0 radical (unpaired) electrons. The molecule has 0 aliphatic heterocycles. The minimum atomic E-state index is -0.883. The van der Waals surface area contributed by atoms with E-state index in [-0.39, 0.29) is 17.7 Å². The molecular weight excluding hydrogens is 454 g/mol. The van der Waals surface area contributed by atoms with E-state index in [1.54, 1.807) is 25.7 Å². The predicted molar refractivity (Wildman–Crippen MR) is 146 cm³/mol. The summed E-state index contributed by atoms with van der Waals surface area (Å²) in [5.41, 5.74) is 0.950. The average Bonchev–Trinajstić information content (AvgIpc) is 2.63. The highest BCUT2D eigenvalue weighted by molar-refractivity contribution is 5.93. The summed E-state index contributed by atoms with van der Waals surface area (Å²) >= 11 is 0. The van der Waals surface area contributed by atoms with E-state index < -0.39 is 34.9 Å². The molecule has 1 rings (SSSR count). The summed E-state index contributed by atoms with van der Waals surface area (Å²) in [6, 6.07) is 4.10. The van der Waals surface area contributed by atoms with Gasteiger partial charge >= 0.3 is 6.09 Å². The molecular formula is C29H49N3O4. The minimum Gasteiger partial charge on any atom is -0.444 e. The van der Waals surface area contributed by atoms with Crippen molar-refractivity contribution in [3.8, 4) is 0 Å². The predicted octanol–water partition coefficient (Wildman–Crippen LogP) is 5.83. The first-order chi connectivity index (χ1) is 16.1. The highest BCUT2D eigenvalue weighted by Gasteiger charge is 2.42. The third-order valence-corrected chi connectivity index (χ3v) is 5.51. The number of hydrogen-bond donors (Lipinski definition) is 2. The van der Waals surface area contributed by atoms with Crippen LogP contribution in [0.5, 0.6) is 0 Å². The number of hydrogen-bond acceptors (Lipinski definition) is 4. The number of rotatable bonds is 7. The Bertz CT molecular complexity index is 933. The number of ether oxygens (including phenoxy) is 1. The summed E-state index contributed by atoms with van der Waals surface area (Å²) < 4.78 is 5.45. The number of carbonyl (C=O) groups excluding carboxylic acids is 3. The van der Waals surface area contributed by atoms with Crippen molar-refractivity contribution in [3.05, 3.63) is 34.9 Å². The molecule has 36 heavy (non-hydrogen) atoms. The number of nitrogens with zero attached hydrogens (tertiary/aromatic N) is 1. The Kier molecular flexibility index (Phi) is 10.2. The lowest BCUT2D eigenvalue weighted by molar-refractivity contribution is -0.149.